The molecule has 0 saturated carbocycles. The molecule has 1 unspecified atom stereocenters. The zero-order valence-electron chi connectivity index (χ0n) is 16.3. The van der Waals surface area contributed by atoms with Crippen molar-refractivity contribution < 1.29 is 27.5 Å². The number of amides is 1. The van der Waals surface area contributed by atoms with Crippen molar-refractivity contribution in [3.8, 4) is 0 Å². The number of carbonyl (C=O) groups excluding carboxylic acids is 1. The van der Waals surface area contributed by atoms with Gasteiger partial charge in [0.2, 0.25) is 5.91 Å². The van der Waals surface area contributed by atoms with Crippen LogP contribution in [0, 0.1) is 5.92 Å². The van der Waals surface area contributed by atoms with Gasteiger partial charge in [-0.2, -0.15) is 13.2 Å². The number of fused-ring (bicyclic) bond motifs is 1. The minimum absolute atomic E-state index is 0.165. The van der Waals surface area contributed by atoms with Crippen LogP contribution in [0.3, 0.4) is 0 Å². The van der Waals surface area contributed by atoms with Crippen molar-refractivity contribution in [2.45, 2.75) is 32.0 Å². The number of hydrogen-bond donors (Lipinski definition) is 2. The zero-order valence-corrected chi connectivity index (χ0v) is 17.1. The summed E-state index contributed by atoms with van der Waals surface area (Å²) in [4.78, 5) is 25.2. The number of nitrogens with one attached hydrogen (secondary N) is 1. The lowest BCUT2D eigenvalue weighted by atomic mass is 9.92. The summed E-state index contributed by atoms with van der Waals surface area (Å²) in [5.74, 6) is -2.64. The Balaban J connectivity index is 1.82. The summed E-state index contributed by atoms with van der Waals surface area (Å²) >= 11 is 6.19. The molecule has 0 saturated heterocycles. The lowest BCUT2D eigenvalue weighted by molar-refractivity contribution is -0.116. The molecule has 2 atom stereocenters. The van der Waals surface area contributed by atoms with Gasteiger partial charge >= 0.3 is 6.18 Å². The molecule has 0 spiro atoms. The zero-order chi connectivity index (χ0) is 22.9. The summed E-state index contributed by atoms with van der Waals surface area (Å²) in [7, 11) is 0. The molecule has 0 fully saturated rings. The van der Waals surface area contributed by atoms with Crippen molar-refractivity contribution in [3.63, 3.8) is 0 Å². The fourth-order valence-electron chi connectivity index (χ4n) is 3.42. The molecule has 1 heterocycles. The van der Waals surface area contributed by atoms with E-state index in [9.17, 15) is 32.3 Å². The third-order valence-corrected chi connectivity index (χ3v) is 5.40. The molecular weight excluding hydrogens is 440 g/mol. The minimum atomic E-state index is -4.79. The lowest BCUT2D eigenvalue weighted by Crippen LogP contribution is -2.25. The smallest absolute Gasteiger partial charge is 0.394 e. The van der Waals surface area contributed by atoms with Crippen molar-refractivity contribution in [1.82, 2.24) is 4.57 Å². The van der Waals surface area contributed by atoms with E-state index in [0.29, 0.717) is 11.5 Å². The summed E-state index contributed by atoms with van der Waals surface area (Å²) in [6.45, 7) is 1.43. The second kappa shape index (κ2) is 8.84. The standard InChI is InChI=1S/C21H19ClF4N2O3/c1-11(10-29)28-7-6-13-14(20(28)31)3-5-16(22)19(13)27-18(30)9-12-2-4-15(17(23)8-12)21(24,25)26/h2-7,11-12,29H,8-10H2,1H3,(H,27,30)/t11-,12?/m1/s1. The summed E-state index contributed by atoms with van der Waals surface area (Å²) in [5.41, 5.74) is -1.54. The highest BCUT2D eigenvalue weighted by Crippen LogP contribution is 2.37. The van der Waals surface area contributed by atoms with Gasteiger partial charge in [-0.25, -0.2) is 4.39 Å². The second-order valence-corrected chi connectivity index (χ2v) is 7.74. The maximum absolute atomic E-state index is 13.8. The number of benzene rings is 1. The number of alkyl halides is 3. The average molecular weight is 459 g/mol. The first-order valence-electron chi connectivity index (χ1n) is 9.41. The van der Waals surface area contributed by atoms with E-state index in [1.165, 1.54) is 22.9 Å². The number of aliphatic hydroxyl groups is 1. The summed E-state index contributed by atoms with van der Waals surface area (Å²) in [6, 6.07) is 4.06. The molecule has 1 aliphatic rings. The van der Waals surface area contributed by atoms with Gasteiger partial charge in [-0.15, -0.1) is 0 Å². The molecule has 1 aromatic carbocycles. The number of pyridine rings is 1. The van der Waals surface area contributed by atoms with Crippen LogP contribution in [-0.2, 0) is 4.79 Å². The topological polar surface area (TPSA) is 71.3 Å². The number of carbonyl (C=O) groups is 1. The van der Waals surface area contributed by atoms with Crippen LogP contribution in [0.15, 0.2) is 52.7 Å². The third-order valence-electron chi connectivity index (χ3n) is 5.09. The van der Waals surface area contributed by atoms with E-state index in [4.69, 9.17) is 11.6 Å². The molecule has 10 heteroatoms. The van der Waals surface area contributed by atoms with Gasteiger partial charge in [0, 0.05) is 29.8 Å². The number of aromatic nitrogens is 1. The van der Waals surface area contributed by atoms with Crippen molar-refractivity contribution >= 4 is 34.0 Å². The van der Waals surface area contributed by atoms with E-state index in [1.54, 1.807) is 13.0 Å². The van der Waals surface area contributed by atoms with E-state index in [0.717, 1.165) is 6.08 Å². The fourth-order valence-corrected chi connectivity index (χ4v) is 3.64. The van der Waals surface area contributed by atoms with Gasteiger partial charge in [0.1, 0.15) is 5.83 Å². The molecule has 1 amide bonds. The van der Waals surface area contributed by atoms with Crippen LogP contribution in [0.4, 0.5) is 23.2 Å². The SMILES string of the molecule is C[C@H](CO)n1ccc2c(NC(=O)CC3C=CC(C(F)(F)F)=C(F)C3)c(Cl)ccc2c1=O. The van der Waals surface area contributed by atoms with Gasteiger partial charge in [-0.3, -0.25) is 9.59 Å². The van der Waals surface area contributed by atoms with Crippen molar-refractivity contribution in [3.05, 3.63) is 63.3 Å². The quantitative estimate of drug-likeness (QED) is 0.626. The van der Waals surface area contributed by atoms with E-state index in [1.807, 2.05) is 0 Å². The number of allylic oxidation sites excluding steroid dienone is 4. The number of nitrogens with zero attached hydrogens (tertiary/aromatic N) is 1. The van der Waals surface area contributed by atoms with Crippen LogP contribution in [0.25, 0.3) is 10.8 Å². The molecule has 0 bridgehead atoms. The van der Waals surface area contributed by atoms with Crippen molar-refractivity contribution in [1.29, 1.82) is 0 Å². The maximum atomic E-state index is 13.8. The predicted molar refractivity (Wildman–Crippen MR) is 110 cm³/mol. The molecule has 2 aromatic rings. The van der Waals surface area contributed by atoms with Gasteiger partial charge < -0.3 is 15.0 Å². The lowest BCUT2D eigenvalue weighted by Gasteiger charge is -2.20. The number of hydrogen-bond acceptors (Lipinski definition) is 3. The van der Waals surface area contributed by atoms with Crippen molar-refractivity contribution in [2.24, 2.45) is 5.92 Å². The molecule has 3 rings (SSSR count). The first kappa shape index (κ1) is 23.0. The number of halogens is 5. The average Bonchev–Trinajstić information content (AvgIpc) is 2.69. The molecule has 5 nitrogen and oxygen atoms in total. The summed E-state index contributed by atoms with van der Waals surface area (Å²) in [6.07, 6.45) is -2.31. The van der Waals surface area contributed by atoms with Crippen LogP contribution in [-0.4, -0.2) is 28.4 Å². The largest absolute Gasteiger partial charge is 0.418 e. The van der Waals surface area contributed by atoms with Crippen LogP contribution < -0.4 is 10.9 Å². The third kappa shape index (κ3) is 4.83. The maximum Gasteiger partial charge on any atom is 0.418 e. The Labute approximate surface area is 179 Å². The van der Waals surface area contributed by atoms with Gasteiger partial charge in [0.15, 0.2) is 0 Å². The molecule has 0 radical (unpaired) electrons. The van der Waals surface area contributed by atoms with E-state index in [2.05, 4.69) is 5.32 Å². The first-order valence-corrected chi connectivity index (χ1v) is 9.78. The first-order chi connectivity index (χ1) is 14.5. The van der Waals surface area contributed by atoms with Crippen LogP contribution >= 0.6 is 11.6 Å². The summed E-state index contributed by atoms with van der Waals surface area (Å²) in [5, 5.41) is 12.7. The number of rotatable bonds is 5. The van der Waals surface area contributed by atoms with E-state index >= 15 is 0 Å². The Kier molecular flexibility index (Phi) is 6.56. The Morgan fingerprint density at radius 2 is 2.03 bits per heavy atom. The molecule has 166 valence electrons. The molecular formula is C21H19ClF4N2O3. The van der Waals surface area contributed by atoms with Crippen LogP contribution in [0.5, 0.6) is 0 Å². The normalized spacial score (nSPS) is 17.8. The van der Waals surface area contributed by atoms with Gasteiger partial charge in [-0.1, -0.05) is 23.8 Å². The molecule has 0 aliphatic heterocycles. The summed E-state index contributed by atoms with van der Waals surface area (Å²) < 4.78 is 53.3. The highest BCUT2D eigenvalue weighted by molar-refractivity contribution is 6.35. The highest BCUT2D eigenvalue weighted by Gasteiger charge is 2.37. The second-order valence-electron chi connectivity index (χ2n) is 7.34. The highest BCUT2D eigenvalue weighted by atomic mass is 35.5. The molecule has 2 N–H and O–H groups in total. The van der Waals surface area contributed by atoms with Crippen LogP contribution in [0.1, 0.15) is 25.8 Å². The van der Waals surface area contributed by atoms with Gasteiger partial charge in [0.05, 0.1) is 28.9 Å². The Hall–Kier alpha value is -2.65. The number of anilines is 1. The minimum Gasteiger partial charge on any atom is -0.394 e. The van der Waals surface area contributed by atoms with Gasteiger partial charge in [-0.05, 0) is 31.0 Å². The molecule has 31 heavy (non-hydrogen) atoms. The Bertz CT molecular complexity index is 1140. The Morgan fingerprint density at radius 1 is 1.32 bits per heavy atom. The van der Waals surface area contributed by atoms with E-state index in [-0.39, 0.29) is 34.7 Å². The van der Waals surface area contributed by atoms with E-state index < -0.39 is 41.9 Å². The monoisotopic (exact) mass is 458 g/mol. The number of aliphatic hydroxyl groups excluding tert-OH is 1. The van der Waals surface area contributed by atoms with Crippen LogP contribution in [0.2, 0.25) is 5.02 Å². The predicted octanol–water partition coefficient (Wildman–Crippen LogP) is 4.90. The van der Waals surface area contributed by atoms with Gasteiger partial charge in [0.25, 0.3) is 5.56 Å². The molecule has 1 aliphatic carbocycles. The fraction of sp³-hybridized carbons (Fsp3) is 0.333. The Morgan fingerprint density at radius 3 is 2.65 bits per heavy atom. The van der Waals surface area contributed by atoms with Crippen molar-refractivity contribution in [2.75, 3.05) is 11.9 Å². The molecule has 1 aromatic heterocycles.